The van der Waals surface area contributed by atoms with Crippen molar-refractivity contribution in [1.29, 1.82) is 0 Å². The molecule has 0 aliphatic rings. The van der Waals surface area contributed by atoms with Gasteiger partial charge in [-0.25, -0.2) is 8.78 Å². The number of halogens is 2. The van der Waals surface area contributed by atoms with Crippen molar-refractivity contribution in [2.75, 3.05) is 19.1 Å². The van der Waals surface area contributed by atoms with Gasteiger partial charge >= 0.3 is 0 Å². The van der Waals surface area contributed by atoms with Crippen molar-refractivity contribution in [3.05, 3.63) is 83.7 Å². The van der Waals surface area contributed by atoms with Crippen molar-refractivity contribution >= 4 is 11.6 Å². The monoisotopic (exact) mass is 398 g/mol. The fourth-order valence-electron chi connectivity index (χ4n) is 2.92. The highest BCUT2D eigenvalue weighted by Crippen LogP contribution is 2.29. The van der Waals surface area contributed by atoms with Crippen LogP contribution in [-0.2, 0) is 17.8 Å². The van der Waals surface area contributed by atoms with E-state index < -0.39 is 11.6 Å². The number of hydrogen-bond acceptors (Lipinski definition) is 4. The lowest BCUT2D eigenvalue weighted by Gasteiger charge is -2.23. The Morgan fingerprint density at radius 1 is 1.00 bits per heavy atom. The highest BCUT2D eigenvalue weighted by atomic mass is 19.1. The number of carbonyl (C=O) groups excluding carboxylic acids is 1. The maximum Gasteiger partial charge on any atom is 0.231 e. The first kappa shape index (κ1) is 20.3. The van der Waals surface area contributed by atoms with Crippen LogP contribution in [0.3, 0.4) is 0 Å². The van der Waals surface area contributed by atoms with Gasteiger partial charge in [-0.3, -0.25) is 9.78 Å². The molecule has 0 bridgehead atoms. The number of nitrogens with zero attached hydrogens (tertiary/aromatic N) is 2. The fraction of sp³-hybridized carbons (Fsp3) is 0.182. The molecule has 0 aliphatic carbocycles. The second kappa shape index (κ2) is 9.14. The molecule has 0 N–H and O–H groups in total. The van der Waals surface area contributed by atoms with E-state index >= 15 is 0 Å². The van der Waals surface area contributed by atoms with Gasteiger partial charge in [-0.1, -0.05) is 12.1 Å². The van der Waals surface area contributed by atoms with E-state index in [0.29, 0.717) is 22.8 Å². The van der Waals surface area contributed by atoms with Crippen molar-refractivity contribution < 1.29 is 23.0 Å². The topological polar surface area (TPSA) is 51.7 Å². The van der Waals surface area contributed by atoms with Crippen LogP contribution in [0.15, 0.2) is 60.8 Å². The molecule has 5 nitrogen and oxygen atoms in total. The van der Waals surface area contributed by atoms with Gasteiger partial charge < -0.3 is 14.4 Å². The third-order valence-electron chi connectivity index (χ3n) is 4.35. The standard InChI is InChI=1S/C22H20F2N2O3/c1-28-20-9-6-15(11-21(20)29-2)12-22(27)26(14-17-5-3-4-10-25-17)19-8-7-16(23)13-18(19)24/h3-11,13H,12,14H2,1-2H3. The predicted molar refractivity (Wildman–Crippen MR) is 105 cm³/mol. The number of carbonyl (C=O) groups is 1. The Morgan fingerprint density at radius 3 is 2.45 bits per heavy atom. The number of ether oxygens (including phenoxy) is 2. The van der Waals surface area contributed by atoms with Gasteiger partial charge in [0.25, 0.3) is 0 Å². The summed E-state index contributed by atoms with van der Waals surface area (Å²) in [6.07, 6.45) is 1.58. The number of amides is 1. The second-order valence-electron chi connectivity index (χ2n) is 6.26. The minimum Gasteiger partial charge on any atom is -0.493 e. The minimum atomic E-state index is -0.818. The van der Waals surface area contributed by atoms with Crippen LogP contribution in [0.1, 0.15) is 11.3 Å². The molecule has 0 atom stereocenters. The molecular weight excluding hydrogens is 378 g/mol. The van der Waals surface area contributed by atoms with E-state index in [1.165, 1.54) is 25.2 Å². The van der Waals surface area contributed by atoms with E-state index in [2.05, 4.69) is 4.98 Å². The highest BCUT2D eigenvalue weighted by molar-refractivity contribution is 5.94. The molecule has 150 valence electrons. The summed E-state index contributed by atoms with van der Waals surface area (Å²) in [5.41, 5.74) is 1.24. The molecule has 0 spiro atoms. The molecule has 1 amide bonds. The zero-order valence-electron chi connectivity index (χ0n) is 16.1. The molecule has 7 heteroatoms. The summed E-state index contributed by atoms with van der Waals surface area (Å²) in [6.45, 7) is 0.0511. The Hall–Kier alpha value is -3.48. The number of aromatic nitrogens is 1. The normalized spacial score (nSPS) is 10.5. The van der Waals surface area contributed by atoms with Crippen molar-refractivity contribution in [2.45, 2.75) is 13.0 Å². The summed E-state index contributed by atoms with van der Waals surface area (Å²) < 4.78 is 38.3. The summed E-state index contributed by atoms with van der Waals surface area (Å²) in [4.78, 5) is 18.5. The summed E-state index contributed by atoms with van der Waals surface area (Å²) in [5, 5.41) is 0. The average Bonchev–Trinajstić information content (AvgIpc) is 2.73. The van der Waals surface area contributed by atoms with Gasteiger partial charge in [0.2, 0.25) is 5.91 Å². The molecule has 0 fully saturated rings. The average molecular weight is 398 g/mol. The first-order valence-corrected chi connectivity index (χ1v) is 8.88. The van der Waals surface area contributed by atoms with E-state index in [0.717, 1.165) is 12.1 Å². The summed E-state index contributed by atoms with van der Waals surface area (Å²) in [7, 11) is 3.03. The molecule has 3 rings (SSSR count). The molecule has 0 saturated heterocycles. The number of anilines is 1. The lowest BCUT2D eigenvalue weighted by Crippen LogP contribution is -2.33. The Kier molecular flexibility index (Phi) is 6.39. The molecule has 0 aliphatic heterocycles. The van der Waals surface area contributed by atoms with Gasteiger partial charge in [-0.05, 0) is 42.0 Å². The van der Waals surface area contributed by atoms with Gasteiger partial charge in [0.05, 0.1) is 38.6 Å². The number of benzene rings is 2. The van der Waals surface area contributed by atoms with Gasteiger partial charge in [0.15, 0.2) is 11.5 Å². The smallest absolute Gasteiger partial charge is 0.231 e. The lowest BCUT2D eigenvalue weighted by molar-refractivity contribution is -0.118. The highest BCUT2D eigenvalue weighted by Gasteiger charge is 2.21. The van der Waals surface area contributed by atoms with Crippen LogP contribution in [0.2, 0.25) is 0 Å². The van der Waals surface area contributed by atoms with Gasteiger partial charge in [0, 0.05) is 12.3 Å². The number of methoxy groups -OCH3 is 2. The molecule has 1 heterocycles. The summed E-state index contributed by atoms with van der Waals surface area (Å²) in [5.74, 6) is -0.869. The van der Waals surface area contributed by atoms with Crippen LogP contribution in [0.4, 0.5) is 14.5 Å². The summed E-state index contributed by atoms with van der Waals surface area (Å²) in [6, 6.07) is 13.5. The second-order valence-corrected chi connectivity index (χ2v) is 6.26. The quantitative estimate of drug-likeness (QED) is 0.600. The lowest BCUT2D eigenvalue weighted by atomic mass is 10.1. The van der Waals surface area contributed by atoms with Crippen LogP contribution >= 0.6 is 0 Å². The van der Waals surface area contributed by atoms with E-state index in [-0.39, 0.29) is 24.6 Å². The number of pyridine rings is 1. The molecule has 0 radical (unpaired) electrons. The van der Waals surface area contributed by atoms with E-state index in [9.17, 15) is 13.6 Å². The fourth-order valence-corrected chi connectivity index (χ4v) is 2.92. The van der Waals surface area contributed by atoms with E-state index in [4.69, 9.17) is 9.47 Å². The maximum absolute atomic E-state index is 14.4. The van der Waals surface area contributed by atoms with Gasteiger partial charge in [-0.15, -0.1) is 0 Å². The Bertz CT molecular complexity index is 997. The predicted octanol–water partition coefficient (Wildman–Crippen LogP) is 4.15. The third-order valence-corrected chi connectivity index (χ3v) is 4.35. The van der Waals surface area contributed by atoms with E-state index in [1.807, 2.05) is 0 Å². The number of rotatable bonds is 7. The molecule has 1 aromatic heterocycles. The zero-order valence-corrected chi connectivity index (χ0v) is 16.1. The van der Waals surface area contributed by atoms with Crippen molar-refractivity contribution in [3.63, 3.8) is 0 Å². The Morgan fingerprint density at radius 2 is 1.79 bits per heavy atom. The maximum atomic E-state index is 14.4. The Balaban J connectivity index is 1.91. The van der Waals surface area contributed by atoms with Crippen LogP contribution in [0.25, 0.3) is 0 Å². The SMILES string of the molecule is COc1ccc(CC(=O)N(Cc2ccccn2)c2ccc(F)cc2F)cc1OC. The largest absolute Gasteiger partial charge is 0.493 e. The molecular formula is C22H20F2N2O3. The first-order chi connectivity index (χ1) is 14.0. The van der Waals surface area contributed by atoms with Crippen LogP contribution < -0.4 is 14.4 Å². The summed E-state index contributed by atoms with van der Waals surface area (Å²) >= 11 is 0. The Labute approximate surface area is 167 Å². The van der Waals surface area contributed by atoms with Gasteiger partial charge in [0.1, 0.15) is 11.6 Å². The van der Waals surface area contributed by atoms with Crippen molar-refractivity contribution in [3.8, 4) is 11.5 Å². The zero-order chi connectivity index (χ0) is 20.8. The number of hydrogen-bond donors (Lipinski definition) is 0. The van der Waals surface area contributed by atoms with Crippen molar-refractivity contribution in [2.24, 2.45) is 0 Å². The molecule has 0 unspecified atom stereocenters. The molecule has 0 saturated carbocycles. The van der Waals surface area contributed by atoms with Crippen LogP contribution in [0.5, 0.6) is 11.5 Å². The minimum absolute atomic E-state index is 0.00992. The van der Waals surface area contributed by atoms with E-state index in [1.54, 1.807) is 42.6 Å². The van der Waals surface area contributed by atoms with Gasteiger partial charge in [-0.2, -0.15) is 0 Å². The molecule has 2 aromatic carbocycles. The third kappa shape index (κ3) is 4.87. The van der Waals surface area contributed by atoms with Crippen LogP contribution in [-0.4, -0.2) is 25.1 Å². The molecule has 3 aromatic rings. The first-order valence-electron chi connectivity index (χ1n) is 8.88. The molecule has 29 heavy (non-hydrogen) atoms. The van der Waals surface area contributed by atoms with Crippen LogP contribution in [0, 0.1) is 11.6 Å². The van der Waals surface area contributed by atoms with Crippen molar-refractivity contribution in [1.82, 2.24) is 4.98 Å².